The number of nitrogens with zero attached hydrogens (tertiary/aromatic N) is 2. The quantitative estimate of drug-likeness (QED) is 0.821. The SMILES string of the molecule is N#Cc1ccc(N2CCC(NCc3ccc(Cl)cc3Cl)C2)cc1Cl. The summed E-state index contributed by atoms with van der Waals surface area (Å²) in [6.45, 7) is 2.56. The molecule has 6 heteroatoms. The van der Waals surface area contributed by atoms with Crippen LogP contribution in [0, 0.1) is 11.3 Å². The Hall–Kier alpha value is -1.44. The number of hydrogen-bond donors (Lipinski definition) is 1. The summed E-state index contributed by atoms with van der Waals surface area (Å²) in [5.41, 5.74) is 2.60. The molecule has 2 aromatic rings. The fraction of sp³-hybridized carbons (Fsp3) is 0.278. The van der Waals surface area contributed by atoms with Gasteiger partial charge in [-0.3, -0.25) is 0 Å². The summed E-state index contributed by atoms with van der Waals surface area (Å²) >= 11 is 18.3. The van der Waals surface area contributed by atoms with Crippen molar-refractivity contribution in [3.8, 4) is 6.07 Å². The smallest absolute Gasteiger partial charge is 0.101 e. The Kier molecular flexibility index (Phi) is 5.53. The van der Waals surface area contributed by atoms with Gasteiger partial charge in [0.25, 0.3) is 0 Å². The number of rotatable bonds is 4. The van der Waals surface area contributed by atoms with Crippen molar-refractivity contribution < 1.29 is 0 Å². The van der Waals surface area contributed by atoms with Crippen LogP contribution in [0.4, 0.5) is 5.69 Å². The Bertz CT molecular complexity index is 786. The number of anilines is 1. The van der Waals surface area contributed by atoms with Gasteiger partial charge >= 0.3 is 0 Å². The molecule has 24 heavy (non-hydrogen) atoms. The molecular weight excluding hydrogens is 365 g/mol. The first-order chi connectivity index (χ1) is 11.6. The highest BCUT2D eigenvalue weighted by molar-refractivity contribution is 6.35. The normalized spacial score (nSPS) is 17.1. The molecule has 1 aliphatic heterocycles. The predicted molar refractivity (Wildman–Crippen MR) is 100 cm³/mol. The molecule has 0 radical (unpaired) electrons. The summed E-state index contributed by atoms with van der Waals surface area (Å²) in [6, 6.07) is 13.6. The van der Waals surface area contributed by atoms with Crippen LogP contribution in [0.25, 0.3) is 0 Å². The molecule has 124 valence electrons. The first-order valence-corrected chi connectivity index (χ1v) is 8.82. The second-order valence-corrected chi connectivity index (χ2v) is 7.08. The lowest BCUT2D eigenvalue weighted by atomic mass is 10.2. The molecule has 1 atom stereocenters. The maximum atomic E-state index is 8.96. The second-order valence-electron chi connectivity index (χ2n) is 5.82. The van der Waals surface area contributed by atoms with Gasteiger partial charge in [0, 0.05) is 41.4 Å². The van der Waals surface area contributed by atoms with Crippen molar-refractivity contribution in [2.24, 2.45) is 0 Å². The number of halogens is 3. The second kappa shape index (κ2) is 7.63. The zero-order valence-electron chi connectivity index (χ0n) is 12.9. The Morgan fingerprint density at radius 3 is 2.67 bits per heavy atom. The minimum atomic E-state index is 0.381. The Balaban J connectivity index is 1.59. The van der Waals surface area contributed by atoms with Crippen molar-refractivity contribution in [3.05, 3.63) is 62.6 Å². The molecule has 1 saturated heterocycles. The van der Waals surface area contributed by atoms with Gasteiger partial charge in [-0.2, -0.15) is 5.26 Å². The average Bonchev–Trinajstić information content (AvgIpc) is 3.03. The molecule has 0 spiro atoms. The fourth-order valence-corrected chi connectivity index (χ4v) is 3.56. The number of hydrogen-bond acceptors (Lipinski definition) is 3. The molecule has 0 aromatic heterocycles. The molecule has 3 rings (SSSR count). The van der Waals surface area contributed by atoms with Gasteiger partial charge < -0.3 is 10.2 Å². The van der Waals surface area contributed by atoms with Crippen LogP contribution in [0.2, 0.25) is 15.1 Å². The average molecular weight is 381 g/mol. The fourth-order valence-electron chi connectivity index (χ4n) is 2.87. The summed E-state index contributed by atoms with van der Waals surface area (Å²) in [7, 11) is 0. The Labute approximate surface area is 156 Å². The van der Waals surface area contributed by atoms with E-state index in [1.54, 1.807) is 12.1 Å². The van der Waals surface area contributed by atoms with Gasteiger partial charge in [-0.15, -0.1) is 0 Å². The predicted octanol–water partition coefficient (Wildman–Crippen LogP) is 4.89. The topological polar surface area (TPSA) is 39.1 Å². The van der Waals surface area contributed by atoms with Gasteiger partial charge in [0.1, 0.15) is 6.07 Å². The van der Waals surface area contributed by atoms with Gasteiger partial charge in [0.05, 0.1) is 10.6 Å². The summed E-state index contributed by atoms with van der Waals surface area (Å²) in [5.74, 6) is 0. The minimum Gasteiger partial charge on any atom is -0.370 e. The van der Waals surface area contributed by atoms with Crippen LogP contribution >= 0.6 is 34.8 Å². The first kappa shape index (κ1) is 17.4. The third kappa shape index (κ3) is 3.96. The van der Waals surface area contributed by atoms with Gasteiger partial charge in [-0.25, -0.2) is 0 Å². The van der Waals surface area contributed by atoms with Crippen LogP contribution in [0.1, 0.15) is 17.5 Å². The highest BCUT2D eigenvalue weighted by atomic mass is 35.5. The lowest BCUT2D eigenvalue weighted by Gasteiger charge is -2.20. The third-order valence-corrected chi connectivity index (χ3v) is 5.12. The van der Waals surface area contributed by atoms with E-state index in [0.717, 1.165) is 30.8 Å². The Morgan fingerprint density at radius 2 is 1.96 bits per heavy atom. The molecule has 0 bridgehead atoms. The number of nitriles is 1. The molecule has 1 aliphatic rings. The summed E-state index contributed by atoms with van der Waals surface area (Å²) in [4.78, 5) is 2.27. The third-order valence-electron chi connectivity index (χ3n) is 4.22. The van der Waals surface area contributed by atoms with E-state index in [-0.39, 0.29) is 0 Å². The highest BCUT2D eigenvalue weighted by Crippen LogP contribution is 2.26. The minimum absolute atomic E-state index is 0.381. The Morgan fingerprint density at radius 1 is 1.12 bits per heavy atom. The summed E-state index contributed by atoms with van der Waals surface area (Å²) < 4.78 is 0. The van der Waals surface area contributed by atoms with Gasteiger partial charge in [0.2, 0.25) is 0 Å². The molecule has 1 heterocycles. The lowest BCUT2D eigenvalue weighted by molar-refractivity contribution is 0.551. The first-order valence-electron chi connectivity index (χ1n) is 7.68. The van der Waals surface area contributed by atoms with E-state index in [0.29, 0.717) is 33.2 Å². The zero-order chi connectivity index (χ0) is 17.1. The van der Waals surface area contributed by atoms with Gasteiger partial charge in [-0.1, -0.05) is 40.9 Å². The molecule has 1 unspecified atom stereocenters. The number of nitrogens with one attached hydrogen (secondary N) is 1. The number of benzene rings is 2. The molecule has 3 nitrogen and oxygen atoms in total. The standard InChI is InChI=1S/C18H16Cl3N3/c19-14-3-1-13(17(20)7-14)10-23-15-5-6-24(11-15)16-4-2-12(9-22)18(21)8-16/h1-4,7-8,15,23H,5-6,10-11H2. The van der Waals surface area contributed by atoms with Gasteiger partial charge in [-0.05, 0) is 42.3 Å². The van der Waals surface area contributed by atoms with E-state index in [1.165, 1.54) is 0 Å². The summed E-state index contributed by atoms with van der Waals surface area (Å²) in [6.07, 6.45) is 1.04. The molecular formula is C18H16Cl3N3. The summed E-state index contributed by atoms with van der Waals surface area (Å²) in [5, 5.41) is 14.3. The van der Waals surface area contributed by atoms with E-state index in [9.17, 15) is 0 Å². The van der Waals surface area contributed by atoms with Crippen molar-refractivity contribution in [3.63, 3.8) is 0 Å². The van der Waals surface area contributed by atoms with Gasteiger partial charge in [0.15, 0.2) is 0 Å². The van der Waals surface area contributed by atoms with E-state index in [4.69, 9.17) is 40.1 Å². The van der Waals surface area contributed by atoms with E-state index in [1.807, 2.05) is 24.3 Å². The van der Waals surface area contributed by atoms with Crippen LogP contribution < -0.4 is 10.2 Å². The lowest BCUT2D eigenvalue weighted by Crippen LogP contribution is -2.32. The van der Waals surface area contributed by atoms with E-state index >= 15 is 0 Å². The molecule has 0 aliphatic carbocycles. The van der Waals surface area contributed by atoms with Crippen molar-refractivity contribution in [1.29, 1.82) is 5.26 Å². The van der Waals surface area contributed by atoms with E-state index in [2.05, 4.69) is 16.3 Å². The van der Waals surface area contributed by atoms with Crippen LogP contribution in [-0.2, 0) is 6.54 Å². The van der Waals surface area contributed by atoms with Crippen molar-refractivity contribution in [2.45, 2.75) is 19.0 Å². The van der Waals surface area contributed by atoms with Crippen LogP contribution in [0.5, 0.6) is 0 Å². The van der Waals surface area contributed by atoms with Crippen molar-refractivity contribution in [1.82, 2.24) is 5.32 Å². The van der Waals surface area contributed by atoms with Crippen molar-refractivity contribution >= 4 is 40.5 Å². The molecule has 0 saturated carbocycles. The van der Waals surface area contributed by atoms with Crippen LogP contribution in [0.15, 0.2) is 36.4 Å². The maximum absolute atomic E-state index is 8.96. The maximum Gasteiger partial charge on any atom is 0.101 e. The van der Waals surface area contributed by atoms with Crippen molar-refractivity contribution in [2.75, 3.05) is 18.0 Å². The molecule has 2 aromatic carbocycles. The van der Waals surface area contributed by atoms with Crippen LogP contribution in [-0.4, -0.2) is 19.1 Å². The molecule has 0 amide bonds. The zero-order valence-corrected chi connectivity index (χ0v) is 15.2. The van der Waals surface area contributed by atoms with E-state index < -0.39 is 0 Å². The largest absolute Gasteiger partial charge is 0.370 e. The highest BCUT2D eigenvalue weighted by Gasteiger charge is 2.23. The monoisotopic (exact) mass is 379 g/mol. The molecule has 1 fully saturated rings. The van der Waals surface area contributed by atoms with Crippen LogP contribution in [0.3, 0.4) is 0 Å². The molecule has 1 N–H and O–H groups in total.